The van der Waals surface area contributed by atoms with Gasteiger partial charge in [0, 0.05) is 44.1 Å². The molecule has 0 bridgehead atoms. The molecule has 0 N–H and O–H groups in total. The maximum Gasteiger partial charge on any atom is 0.187 e. The molecular weight excluding hydrogens is 380 g/mol. The highest BCUT2D eigenvalue weighted by atomic mass is 32.2. The molecule has 158 valence electrons. The van der Waals surface area contributed by atoms with E-state index in [-0.39, 0.29) is 0 Å². The van der Waals surface area contributed by atoms with Crippen LogP contribution in [0.4, 0.5) is 0 Å². The van der Waals surface area contributed by atoms with Crippen LogP contribution in [0.25, 0.3) is 0 Å². The molecule has 0 aliphatic carbocycles. The lowest BCUT2D eigenvalue weighted by Crippen LogP contribution is -2.41. The first-order chi connectivity index (χ1) is 14.2. The van der Waals surface area contributed by atoms with Gasteiger partial charge < -0.3 is 9.64 Å². The van der Waals surface area contributed by atoms with Crippen molar-refractivity contribution in [2.75, 3.05) is 46.1 Å². The van der Waals surface area contributed by atoms with Crippen LogP contribution in [0.3, 0.4) is 0 Å². The van der Waals surface area contributed by atoms with Gasteiger partial charge in [-0.15, -0.1) is 0 Å². The van der Waals surface area contributed by atoms with Crippen LogP contribution in [-0.2, 0) is 13.0 Å². The second-order valence-corrected chi connectivity index (χ2v) is 8.59. The number of methoxy groups -OCH3 is 1. The smallest absolute Gasteiger partial charge is 0.187 e. The van der Waals surface area contributed by atoms with Gasteiger partial charge in [0.25, 0.3) is 0 Å². The lowest BCUT2D eigenvalue weighted by molar-refractivity contribution is 0.133. The number of nitrogens with zero attached hydrogens (tertiary/aromatic N) is 4. The van der Waals surface area contributed by atoms with Crippen molar-refractivity contribution in [3.05, 3.63) is 47.8 Å². The van der Waals surface area contributed by atoms with E-state index in [1.165, 1.54) is 37.1 Å². The van der Waals surface area contributed by atoms with Crippen molar-refractivity contribution in [3.63, 3.8) is 0 Å². The van der Waals surface area contributed by atoms with Crippen LogP contribution in [0.5, 0.6) is 5.75 Å². The van der Waals surface area contributed by atoms with Crippen LogP contribution >= 0.6 is 11.8 Å². The molecule has 1 atom stereocenters. The van der Waals surface area contributed by atoms with Gasteiger partial charge >= 0.3 is 0 Å². The first-order valence-electron chi connectivity index (χ1n) is 10.6. The van der Waals surface area contributed by atoms with E-state index in [4.69, 9.17) is 4.74 Å². The number of benzene rings is 1. The molecule has 3 rings (SSSR count). The fourth-order valence-electron chi connectivity index (χ4n) is 4.08. The van der Waals surface area contributed by atoms with Crippen molar-refractivity contribution in [1.82, 2.24) is 19.8 Å². The molecule has 6 heteroatoms. The van der Waals surface area contributed by atoms with Gasteiger partial charge in [0.15, 0.2) is 5.16 Å². The molecule has 0 amide bonds. The quantitative estimate of drug-likeness (QED) is 0.433. The number of hydrogen-bond donors (Lipinski definition) is 0. The molecule has 29 heavy (non-hydrogen) atoms. The molecule has 0 spiro atoms. The minimum atomic E-state index is 0.736. The van der Waals surface area contributed by atoms with Gasteiger partial charge in [-0.1, -0.05) is 30.8 Å². The summed E-state index contributed by atoms with van der Waals surface area (Å²) < 4.78 is 5.35. The molecule has 1 fully saturated rings. The van der Waals surface area contributed by atoms with Crippen LogP contribution in [-0.4, -0.2) is 65.9 Å². The second-order valence-electron chi connectivity index (χ2n) is 7.82. The highest BCUT2D eigenvalue weighted by Crippen LogP contribution is 2.20. The highest BCUT2D eigenvalue weighted by Gasteiger charge is 2.21. The van der Waals surface area contributed by atoms with Crippen molar-refractivity contribution in [2.45, 2.75) is 37.9 Å². The van der Waals surface area contributed by atoms with Crippen molar-refractivity contribution in [2.24, 2.45) is 5.92 Å². The Morgan fingerprint density at radius 1 is 1.24 bits per heavy atom. The summed E-state index contributed by atoms with van der Waals surface area (Å²) in [6.45, 7) is 8.94. The molecule has 1 aromatic carbocycles. The summed E-state index contributed by atoms with van der Waals surface area (Å²) in [5.74, 6) is 1.69. The van der Waals surface area contributed by atoms with E-state index in [1.807, 2.05) is 24.7 Å². The van der Waals surface area contributed by atoms with Crippen LogP contribution in [0.15, 0.2) is 41.8 Å². The predicted molar refractivity (Wildman–Crippen MR) is 121 cm³/mol. The molecule has 1 aliphatic rings. The Labute approximate surface area is 179 Å². The lowest BCUT2D eigenvalue weighted by Gasteiger charge is -2.35. The number of piperidine rings is 1. The Bertz CT molecular complexity index is 740. The van der Waals surface area contributed by atoms with E-state index in [2.05, 4.69) is 44.9 Å². The minimum Gasteiger partial charge on any atom is -0.497 e. The van der Waals surface area contributed by atoms with Gasteiger partial charge in [-0.3, -0.25) is 4.90 Å². The van der Waals surface area contributed by atoms with E-state index in [1.54, 1.807) is 18.9 Å². The zero-order chi connectivity index (χ0) is 20.5. The molecule has 1 aromatic heterocycles. The van der Waals surface area contributed by atoms with Gasteiger partial charge in [-0.2, -0.15) is 0 Å². The Balaban J connectivity index is 1.48. The fraction of sp³-hybridized carbons (Fsp3) is 0.565. The molecule has 1 aliphatic heterocycles. The maximum atomic E-state index is 5.35. The second kappa shape index (κ2) is 11.5. The fourth-order valence-corrected chi connectivity index (χ4v) is 4.39. The highest BCUT2D eigenvalue weighted by molar-refractivity contribution is 7.98. The number of ether oxygens (including phenoxy) is 1. The van der Waals surface area contributed by atoms with E-state index >= 15 is 0 Å². The van der Waals surface area contributed by atoms with Crippen molar-refractivity contribution in [3.8, 4) is 5.75 Å². The average Bonchev–Trinajstić information content (AvgIpc) is 2.78. The van der Waals surface area contributed by atoms with Gasteiger partial charge in [-0.25, -0.2) is 9.97 Å². The standard InChI is InChI=1S/C23H34N4OS/c1-4-26(18-21-14-24-23(29-3)25-15-21)16-20-8-6-11-27(17-20)12-10-19-7-5-9-22(13-19)28-2/h5,7,9,13-15,20H,4,6,8,10-12,16-18H2,1-3H3. The van der Waals surface area contributed by atoms with Gasteiger partial charge in [0.1, 0.15) is 5.75 Å². The predicted octanol–water partition coefficient (Wildman–Crippen LogP) is 3.98. The lowest BCUT2D eigenvalue weighted by atomic mass is 9.96. The molecule has 1 saturated heterocycles. The summed E-state index contributed by atoms with van der Waals surface area (Å²) in [5, 5.41) is 0.843. The van der Waals surface area contributed by atoms with E-state index in [0.29, 0.717) is 0 Å². The molecule has 0 saturated carbocycles. The third-order valence-corrected chi connectivity index (χ3v) is 6.26. The largest absolute Gasteiger partial charge is 0.497 e. The van der Waals surface area contributed by atoms with Crippen LogP contribution in [0.2, 0.25) is 0 Å². The summed E-state index contributed by atoms with van der Waals surface area (Å²) >= 11 is 1.59. The summed E-state index contributed by atoms with van der Waals surface area (Å²) in [4.78, 5) is 14.0. The minimum absolute atomic E-state index is 0.736. The number of rotatable bonds is 10. The average molecular weight is 415 g/mol. The SMILES string of the molecule is CCN(Cc1cnc(SC)nc1)CC1CCCN(CCc2cccc(OC)c2)C1. The van der Waals surface area contributed by atoms with Crippen molar-refractivity contribution in [1.29, 1.82) is 0 Å². The number of thioether (sulfide) groups is 1. The zero-order valence-corrected chi connectivity index (χ0v) is 18.8. The first-order valence-corrected chi connectivity index (χ1v) is 11.8. The molecule has 5 nitrogen and oxygen atoms in total. The normalized spacial score (nSPS) is 17.6. The first kappa shape index (κ1) is 22.1. The summed E-state index contributed by atoms with van der Waals surface area (Å²) in [7, 11) is 1.73. The Morgan fingerprint density at radius 3 is 2.79 bits per heavy atom. The van der Waals surface area contributed by atoms with Gasteiger partial charge in [0.05, 0.1) is 7.11 Å². The Morgan fingerprint density at radius 2 is 2.07 bits per heavy atom. The molecule has 1 unspecified atom stereocenters. The van der Waals surface area contributed by atoms with E-state index in [9.17, 15) is 0 Å². The third kappa shape index (κ3) is 6.98. The summed E-state index contributed by atoms with van der Waals surface area (Å²) in [6.07, 6.45) is 9.67. The maximum absolute atomic E-state index is 5.35. The third-order valence-electron chi connectivity index (χ3n) is 5.69. The summed E-state index contributed by atoms with van der Waals surface area (Å²) in [5.41, 5.74) is 2.56. The molecule has 0 radical (unpaired) electrons. The molecule has 2 aromatic rings. The zero-order valence-electron chi connectivity index (χ0n) is 18.0. The van der Waals surface area contributed by atoms with E-state index in [0.717, 1.165) is 49.4 Å². The van der Waals surface area contributed by atoms with Crippen LogP contribution in [0, 0.1) is 5.92 Å². The van der Waals surface area contributed by atoms with Crippen LogP contribution in [0.1, 0.15) is 30.9 Å². The number of aromatic nitrogens is 2. The van der Waals surface area contributed by atoms with Crippen molar-refractivity contribution < 1.29 is 4.74 Å². The molecular formula is C23H34N4OS. The van der Waals surface area contributed by atoms with Crippen LogP contribution < -0.4 is 4.74 Å². The van der Waals surface area contributed by atoms with Gasteiger partial charge in [-0.05, 0) is 62.2 Å². The number of hydrogen-bond acceptors (Lipinski definition) is 6. The van der Waals surface area contributed by atoms with Crippen molar-refractivity contribution >= 4 is 11.8 Å². The Kier molecular flexibility index (Phi) is 8.77. The van der Waals surface area contributed by atoms with E-state index < -0.39 is 0 Å². The topological polar surface area (TPSA) is 41.5 Å². The van der Waals surface area contributed by atoms with Gasteiger partial charge in [0.2, 0.25) is 0 Å². The summed E-state index contributed by atoms with van der Waals surface area (Å²) in [6, 6.07) is 8.46. The Hall–Kier alpha value is -1.63. The monoisotopic (exact) mass is 414 g/mol. The number of likely N-dealkylation sites (tertiary alicyclic amines) is 1. The molecule has 2 heterocycles.